The van der Waals surface area contributed by atoms with Crippen LogP contribution in [0.2, 0.25) is 5.02 Å². The molecule has 1 aromatic carbocycles. The molecule has 148 valence electrons. The summed E-state index contributed by atoms with van der Waals surface area (Å²) in [5.41, 5.74) is -1.01. The SMILES string of the molecule is O=C(c1cccc(Cl)c1)N1CCC(F)(F)C2(CCN(c3ncc(F)cn3)C2)C1. The highest BCUT2D eigenvalue weighted by Gasteiger charge is 2.60. The quantitative estimate of drug-likeness (QED) is 0.758. The third kappa shape index (κ3) is 3.30. The van der Waals surface area contributed by atoms with Crippen molar-refractivity contribution in [1.82, 2.24) is 14.9 Å². The van der Waals surface area contributed by atoms with Crippen LogP contribution >= 0.6 is 11.6 Å². The fourth-order valence-corrected chi connectivity index (χ4v) is 4.21. The van der Waals surface area contributed by atoms with Gasteiger partial charge in [0.25, 0.3) is 11.8 Å². The van der Waals surface area contributed by atoms with Gasteiger partial charge in [-0.3, -0.25) is 4.79 Å². The van der Waals surface area contributed by atoms with Crippen LogP contribution in [0.1, 0.15) is 23.2 Å². The molecule has 0 saturated carbocycles. The van der Waals surface area contributed by atoms with Crippen LogP contribution in [-0.4, -0.2) is 52.9 Å². The van der Waals surface area contributed by atoms with Crippen LogP contribution in [0.25, 0.3) is 0 Å². The van der Waals surface area contributed by atoms with Crippen LogP contribution in [0, 0.1) is 11.2 Å². The molecule has 3 heterocycles. The summed E-state index contributed by atoms with van der Waals surface area (Å²) in [6, 6.07) is 6.48. The molecular weight excluding hydrogens is 393 g/mol. The fraction of sp³-hybridized carbons (Fsp3) is 0.421. The number of hydrogen-bond acceptors (Lipinski definition) is 4. The summed E-state index contributed by atoms with van der Waals surface area (Å²) in [4.78, 5) is 23.7. The summed E-state index contributed by atoms with van der Waals surface area (Å²) in [6.07, 6.45) is 1.82. The maximum Gasteiger partial charge on any atom is 0.258 e. The summed E-state index contributed by atoms with van der Waals surface area (Å²) in [5, 5.41) is 0.420. The zero-order valence-corrected chi connectivity index (χ0v) is 15.7. The van der Waals surface area contributed by atoms with Gasteiger partial charge in [-0.25, -0.2) is 23.1 Å². The van der Waals surface area contributed by atoms with E-state index < -0.39 is 23.6 Å². The number of likely N-dealkylation sites (tertiary alicyclic amines) is 1. The molecule has 1 spiro atoms. The number of hydrogen-bond donors (Lipinski definition) is 0. The van der Waals surface area contributed by atoms with Gasteiger partial charge in [0.15, 0.2) is 5.82 Å². The lowest BCUT2D eigenvalue weighted by Gasteiger charge is -2.45. The number of alkyl halides is 2. The van der Waals surface area contributed by atoms with E-state index in [4.69, 9.17) is 11.6 Å². The molecule has 1 atom stereocenters. The second kappa shape index (κ2) is 6.92. The zero-order chi connectivity index (χ0) is 19.9. The Hall–Kier alpha value is -2.35. The number of nitrogens with zero attached hydrogens (tertiary/aromatic N) is 4. The van der Waals surface area contributed by atoms with Crippen molar-refractivity contribution in [2.45, 2.75) is 18.8 Å². The first-order chi connectivity index (χ1) is 13.3. The summed E-state index contributed by atoms with van der Waals surface area (Å²) >= 11 is 5.95. The highest BCUT2D eigenvalue weighted by atomic mass is 35.5. The maximum atomic E-state index is 14.9. The summed E-state index contributed by atoms with van der Waals surface area (Å²) in [5.74, 6) is -3.60. The Morgan fingerprint density at radius 1 is 1.11 bits per heavy atom. The van der Waals surface area contributed by atoms with E-state index in [-0.39, 0.29) is 37.9 Å². The third-order valence-corrected chi connectivity index (χ3v) is 5.80. The number of benzene rings is 1. The van der Waals surface area contributed by atoms with Crippen molar-refractivity contribution in [1.29, 1.82) is 0 Å². The molecule has 0 bridgehead atoms. The van der Waals surface area contributed by atoms with Crippen LogP contribution < -0.4 is 4.90 Å². The smallest absolute Gasteiger partial charge is 0.258 e. The average molecular weight is 411 g/mol. The Bertz CT molecular complexity index is 895. The van der Waals surface area contributed by atoms with Gasteiger partial charge in [-0.15, -0.1) is 0 Å². The van der Waals surface area contributed by atoms with Crippen LogP contribution in [0.15, 0.2) is 36.7 Å². The topological polar surface area (TPSA) is 49.3 Å². The molecule has 0 aliphatic carbocycles. The van der Waals surface area contributed by atoms with Gasteiger partial charge in [0.2, 0.25) is 5.95 Å². The number of halogens is 4. The second-order valence-electron chi connectivity index (χ2n) is 7.34. The number of piperidine rings is 1. The van der Waals surface area contributed by atoms with Gasteiger partial charge in [-0.2, -0.15) is 0 Å². The van der Waals surface area contributed by atoms with Crippen molar-refractivity contribution in [3.8, 4) is 0 Å². The molecule has 0 N–H and O–H groups in total. The molecular formula is C19H18ClF3N4O. The molecule has 0 radical (unpaired) electrons. The van der Waals surface area contributed by atoms with E-state index in [0.29, 0.717) is 17.1 Å². The molecule has 1 unspecified atom stereocenters. The minimum absolute atomic E-state index is 0.00492. The molecule has 9 heteroatoms. The Morgan fingerprint density at radius 3 is 2.57 bits per heavy atom. The fourth-order valence-electron chi connectivity index (χ4n) is 4.02. The summed E-state index contributed by atoms with van der Waals surface area (Å²) < 4.78 is 42.9. The maximum absolute atomic E-state index is 14.9. The van der Waals surface area contributed by atoms with Crippen LogP contribution in [0.3, 0.4) is 0 Å². The van der Waals surface area contributed by atoms with E-state index in [0.717, 1.165) is 12.4 Å². The molecule has 2 fully saturated rings. The van der Waals surface area contributed by atoms with Gasteiger partial charge in [0.1, 0.15) is 0 Å². The number of anilines is 1. The van der Waals surface area contributed by atoms with Crippen LogP contribution in [0.5, 0.6) is 0 Å². The standard InChI is InChI=1S/C19H18ClF3N4O/c20-14-3-1-2-13(8-14)16(28)26-7-5-19(22,23)18(11-26)4-6-27(12-18)17-24-9-15(21)10-25-17/h1-3,8-10H,4-7,11-12H2. The van der Waals surface area contributed by atoms with Crippen molar-refractivity contribution < 1.29 is 18.0 Å². The van der Waals surface area contributed by atoms with Crippen molar-refractivity contribution in [3.05, 3.63) is 53.1 Å². The van der Waals surface area contributed by atoms with Crippen molar-refractivity contribution >= 4 is 23.5 Å². The van der Waals surface area contributed by atoms with Crippen molar-refractivity contribution in [3.63, 3.8) is 0 Å². The second-order valence-corrected chi connectivity index (χ2v) is 7.78. The molecule has 28 heavy (non-hydrogen) atoms. The predicted molar refractivity (Wildman–Crippen MR) is 98.2 cm³/mol. The Balaban J connectivity index is 1.57. The summed E-state index contributed by atoms with van der Waals surface area (Å²) in [6.45, 7) is 0.238. The van der Waals surface area contributed by atoms with Gasteiger partial charge in [0, 0.05) is 43.2 Å². The molecule has 1 aromatic heterocycles. The van der Waals surface area contributed by atoms with Gasteiger partial charge in [-0.05, 0) is 24.6 Å². The van der Waals surface area contributed by atoms with Gasteiger partial charge >= 0.3 is 0 Å². The molecule has 2 saturated heterocycles. The lowest BCUT2D eigenvalue weighted by molar-refractivity contribution is -0.150. The number of aromatic nitrogens is 2. The molecule has 4 rings (SSSR count). The van der Waals surface area contributed by atoms with E-state index in [1.165, 1.54) is 11.0 Å². The Labute approximate surface area is 165 Å². The predicted octanol–water partition coefficient (Wildman–Crippen LogP) is 3.65. The van der Waals surface area contributed by atoms with E-state index in [2.05, 4.69) is 9.97 Å². The van der Waals surface area contributed by atoms with Crippen molar-refractivity contribution in [2.75, 3.05) is 31.1 Å². The average Bonchev–Trinajstić information content (AvgIpc) is 3.10. The third-order valence-electron chi connectivity index (χ3n) is 5.57. The van der Waals surface area contributed by atoms with E-state index in [1.807, 2.05) is 0 Å². The number of carbonyl (C=O) groups excluding carboxylic acids is 1. The normalized spacial score (nSPS) is 24.0. The number of carbonyl (C=O) groups is 1. The lowest BCUT2D eigenvalue weighted by Crippen LogP contribution is -2.58. The molecule has 5 nitrogen and oxygen atoms in total. The molecule has 2 aliphatic heterocycles. The molecule has 2 aliphatic rings. The van der Waals surface area contributed by atoms with Gasteiger partial charge in [0.05, 0.1) is 17.8 Å². The Kier molecular flexibility index (Phi) is 4.69. The molecule has 1 amide bonds. The van der Waals surface area contributed by atoms with Crippen molar-refractivity contribution in [2.24, 2.45) is 5.41 Å². The molecule has 2 aromatic rings. The largest absolute Gasteiger partial charge is 0.340 e. The van der Waals surface area contributed by atoms with E-state index in [1.54, 1.807) is 23.1 Å². The van der Waals surface area contributed by atoms with E-state index >= 15 is 0 Å². The number of amides is 1. The zero-order valence-electron chi connectivity index (χ0n) is 14.9. The monoisotopic (exact) mass is 410 g/mol. The minimum atomic E-state index is -2.92. The van der Waals surface area contributed by atoms with Gasteiger partial charge < -0.3 is 9.80 Å². The minimum Gasteiger partial charge on any atom is -0.340 e. The van der Waals surface area contributed by atoms with Gasteiger partial charge in [-0.1, -0.05) is 17.7 Å². The first-order valence-electron chi connectivity index (χ1n) is 8.95. The first-order valence-corrected chi connectivity index (χ1v) is 9.33. The lowest BCUT2D eigenvalue weighted by atomic mass is 9.75. The highest BCUT2D eigenvalue weighted by molar-refractivity contribution is 6.30. The Morgan fingerprint density at radius 2 is 1.86 bits per heavy atom. The first kappa shape index (κ1) is 19.0. The number of rotatable bonds is 2. The van der Waals surface area contributed by atoms with Crippen LogP contribution in [0.4, 0.5) is 19.1 Å². The van der Waals surface area contributed by atoms with E-state index in [9.17, 15) is 18.0 Å². The summed E-state index contributed by atoms with van der Waals surface area (Å²) in [7, 11) is 0. The van der Waals surface area contributed by atoms with Crippen LogP contribution in [-0.2, 0) is 0 Å². The highest BCUT2D eigenvalue weighted by Crippen LogP contribution is 2.50.